The Morgan fingerprint density at radius 1 is 1.10 bits per heavy atom. The number of anilines is 2. The molecular weight excluding hydrogens is 396 g/mol. The summed E-state index contributed by atoms with van der Waals surface area (Å²) in [6.07, 6.45) is 1.67. The van der Waals surface area contributed by atoms with Crippen molar-refractivity contribution in [3.8, 4) is 0 Å². The predicted octanol–water partition coefficient (Wildman–Crippen LogP) is -1.59. The number of aromatic amines is 1. The summed E-state index contributed by atoms with van der Waals surface area (Å²) in [6.45, 7) is -0.390. The lowest BCUT2D eigenvalue weighted by Gasteiger charge is -2.16. The molecule has 0 unspecified atom stereocenters. The minimum absolute atomic E-state index is 0.218. The molecule has 30 heavy (non-hydrogen) atoms. The van der Waals surface area contributed by atoms with Crippen LogP contribution >= 0.6 is 0 Å². The van der Waals surface area contributed by atoms with Gasteiger partial charge in [0, 0.05) is 7.05 Å². The molecule has 0 saturated carbocycles. The molecule has 5 rings (SSSR count). The van der Waals surface area contributed by atoms with E-state index in [0.717, 1.165) is 17.0 Å². The summed E-state index contributed by atoms with van der Waals surface area (Å²) in [7, 11) is 1.80. The summed E-state index contributed by atoms with van der Waals surface area (Å²) in [5.74, 6) is 0.965. The highest BCUT2D eigenvalue weighted by Crippen LogP contribution is 2.31. The summed E-state index contributed by atoms with van der Waals surface area (Å²) in [5, 5.41) is 31.7. The molecule has 4 atom stereocenters. The third-order valence-corrected chi connectivity index (χ3v) is 4.63. The van der Waals surface area contributed by atoms with E-state index in [-0.39, 0.29) is 5.82 Å². The number of ether oxygens (including phenoxy) is 1. The summed E-state index contributed by atoms with van der Waals surface area (Å²) in [5.41, 5.74) is 7.97. The van der Waals surface area contributed by atoms with Crippen LogP contribution in [0, 0.1) is 0 Å². The van der Waals surface area contributed by atoms with Gasteiger partial charge in [-0.2, -0.15) is 0 Å². The number of H-pyrrole nitrogens is 1. The number of nitrogens with two attached hydrogens (primary N) is 1. The molecule has 0 aromatic carbocycles. The van der Waals surface area contributed by atoms with Crippen molar-refractivity contribution < 1.29 is 20.1 Å². The number of nitrogens with zero attached hydrogens (tertiary/aromatic N) is 7. The Morgan fingerprint density at radius 3 is 2.63 bits per heavy atom. The van der Waals surface area contributed by atoms with Crippen LogP contribution in [-0.4, -0.2) is 86.7 Å². The standard InChI is InChI=1S/C10H13N5O4.C6H7N5/c11-8-5-9(13-2-12-8)15(3-14-5)10-7(18)6(17)4(1-16)19-10;1-7-5-4-6(10-2-8-4)11-3-9-5/h2-4,6-7,10,16-18H,1H2,(H2,11,12,13);2-3H,1H3,(H2,7,8,9,10,11)/t4-,6-,7+,10-;/m1./s1. The van der Waals surface area contributed by atoms with Gasteiger partial charge in [-0.25, -0.2) is 29.9 Å². The largest absolute Gasteiger partial charge is 0.394 e. The molecule has 4 aromatic rings. The van der Waals surface area contributed by atoms with E-state index in [2.05, 4.69) is 40.2 Å². The first-order valence-electron chi connectivity index (χ1n) is 8.92. The number of aromatic nitrogens is 8. The van der Waals surface area contributed by atoms with Crippen LogP contribution < -0.4 is 11.1 Å². The fourth-order valence-corrected chi connectivity index (χ4v) is 3.11. The number of nitrogen functional groups attached to an aromatic ring is 1. The minimum atomic E-state index is -1.19. The van der Waals surface area contributed by atoms with E-state index in [0.29, 0.717) is 11.2 Å². The van der Waals surface area contributed by atoms with Gasteiger partial charge in [-0.1, -0.05) is 0 Å². The van der Waals surface area contributed by atoms with Crippen LogP contribution in [0.4, 0.5) is 11.6 Å². The number of nitrogens with one attached hydrogen (secondary N) is 2. The summed E-state index contributed by atoms with van der Waals surface area (Å²) in [4.78, 5) is 26.8. The number of hydrogen-bond acceptors (Lipinski definition) is 12. The molecule has 0 bridgehead atoms. The molecular formula is C16H20N10O4. The molecule has 158 valence electrons. The highest BCUT2D eigenvalue weighted by atomic mass is 16.6. The fraction of sp³-hybridized carbons (Fsp3) is 0.375. The SMILES string of the molecule is CNc1ncnc2[nH]cnc12.Nc1ncnc2c1ncn2[C@@H]1O[C@H](CO)[C@@H](O)[C@@H]1O. The van der Waals surface area contributed by atoms with Gasteiger partial charge in [0.2, 0.25) is 0 Å². The number of hydrogen-bond donors (Lipinski definition) is 6. The van der Waals surface area contributed by atoms with Crippen LogP contribution in [0.5, 0.6) is 0 Å². The molecule has 1 aliphatic heterocycles. The minimum Gasteiger partial charge on any atom is -0.394 e. The average Bonchev–Trinajstić information content (AvgIpc) is 3.47. The smallest absolute Gasteiger partial charge is 0.167 e. The molecule has 0 spiro atoms. The molecule has 1 saturated heterocycles. The molecule has 5 heterocycles. The maximum atomic E-state index is 9.95. The maximum absolute atomic E-state index is 9.95. The number of imidazole rings is 2. The second kappa shape index (κ2) is 8.11. The van der Waals surface area contributed by atoms with Crippen LogP contribution in [0.15, 0.2) is 25.3 Å². The van der Waals surface area contributed by atoms with Crippen LogP contribution in [0.2, 0.25) is 0 Å². The first-order chi connectivity index (χ1) is 14.5. The normalized spacial score (nSPS) is 23.5. The summed E-state index contributed by atoms with van der Waals surface area (Å²) >= 11 is 0. The summed E-state index contributed by atoms with van der Waals surface area (Å²) in [6, 6.07) is 0. The van der Waals surface area contributed by atoms with Crippen molar-refractivity contribution in [1.29, 1.82) is 0 Å². The van der Waals surface area contributed by atoms with E-state index in [1.807, 2.05) is 0 Å². The zero-order valence-electron chi connectivity index (χ0n) is 15.8. The first kappa shape index (κ1) is 19.8. The van der Waals surface area contributed by atoms with Crippen LogP contribution in [0.1, 0.15) is 6.23 Å². The van der Waals surface area contributed by atoms with Crippen LogP contribution in [-0.2, 0) is 4.74 Å². The molecule has 7 N–H and O–H groups in total. The Bertz CT molecular complexity index is 1150. The van der Waals surface area contributed by atoms with Gasteiger partial charge in [-0.3, -0.25) is 4.57 Å². The number of fused-ring (bicyclic) bond motifs is 2. The monoisotopic (exact) mass is 416 g/mol. The van der Waals surface area contributed by atoms with Gasteiger partial charge >= 0.3 is 0 Å². The zero-order chi connectivity index (χ0) is 21.3. The van der Waals surface area contributed by atoms with Gasteiger partial charge in [-0.05, 0) is 0 Å². The maximum Gasteiger partial charge on any atom is 0.167 e. The molecule has 14 nitrogen and oxygen atoms in total. The zero-order valence-corrected chi connectivity index (χ0v) is 15.8. The van der Waals surface area contributed by atoms with Gasteiger partial charge in [0.15, 0.2) is 29.2 Å². The van der Waals surface area contributed by atoms with Crippen molar-refractivity contribution in [2.24, 2.45) is 0 Å². The number of aliphatic hydroxyl groups excluding tert-OH is 3. The first-order valence-corrected chi connectivity index (χ1v) is 8.92. The summed E-state index contributed by atoms with van der Waals surface area (Å²) < 4.78 is 6.85. The van der Waals surface area contributed by atoms with E-state index in [9.17, 15) is 10.2 Å². The van der Waals surface area contributed by atoms with E-state index in [1.165, 1.54) is 23.5 Å². The molecule has 1 fully saturated rings. The van der Waals surface area contributed by atoms with E-state index < -0.39 is 31.1 Å². The van der Waals surface area contributed by atoms with Crippen molar-refractivity contribution >= 4 is 34.0 Å². The molecule has 0 amide bonds. The highest BCUT2D eigenvalue weighted by Gasteiger charge is 2.43. The lowest BCUT2D eigenvalue weighted by atomic mass is 10.1. The Kier molecular flexibility index (Phi) is 5.37. The van der Waals surface area contributed by atoms with Crippen molar-refractivity contribution in [2.75, 3.05) is 24.7 Å². The molecule has 4 aromatic heterocycles. The van der Waals surface area contributed by atoms with Gasteiger partial charge < -0.3 is 36.1 Å². The third-order valence-electron chi connectivity index (χ3n) is 4.63. The number of rotatable bonds is 3. The van der Waals surface area contributed by atoms with Crippen molar-refractivity contribution in [2.45, 2.75) is 24.5 Å². The Morgan fingerprint density at radius 2 is 1.90 bits per heavy atom. The van der Waals surface area contributed by atoms with Crippen LogP contribution in [0.3, 0.4) is 0 Å². The van der Waals surface area contributed by atoms with Crippen molar-refractivity contribution in [3.05, 3.63) is 25.3 Å². The molecule has 14 heteroatoms. The van der Waals surface area contributed by atoms with Gasteiger partial charge in [0.1, 0.15) is 42.0 Å². The molecule has 0 radical (unpaired) electrons. The van der Waals surface area contributed by atoms with Crippen LogP contribution in [0.25, 0.3) is 22.3 Å². The predicted molar refractivity (Wildman–Crippen MR) is 104 cm³/mol. The Hall–Kier alpha value is -3.46. The average molecular weight is 416 g/mol. The fourth-order valence-electron chi connectivity index (χ4n) is 3.11. The lowest BCUT2D eigenvalue weighted by molar-refractivity contribution is -0.0511. The topological polar surface area (TPSA) is 206 Å². The third kappa shape index (κ3) is 3.37. The van der Waals surface area contributed by atoms with Gasteiger partial charge in [0.25, 0.3) is 0 Å². The Labute approximate surface area is 168 Å². The van der Waals surface area contributed by atoms with Crippen molar-refractivity contribution in [3.63, 3.8) is 0 Å². The van der Waals surface area contributed by atoms with E-state index in [1.54, 1.807) is 13.4 Å². The van der Waals surface area contributed by atoms with Crippen molar-refractivity contribution in [1.82, 2.24) is 39.5 Å². The second-order valence-corrected chi connectivity index (χ2v) is 6.38. The molecule has 1 aliphatic rings. The van der Waals surface area contributed by atoms with Gasteiger partial charge in [0.05, 0.1) is 19.3 Å². The van der Waals surface area contributed by atoms with Gasteiger partial charge in [-0.15, -0.1) is 0 Å². The Balaban J connectivity index is 0.000000168. The quantitative estimate of drug-likeness (QED) is 0.224. The molecule has 0 aliphatic carbocycles. The van der Waals surface area contributed by atoms with E-state index in [4.69, 9.17) is 15.6 Å². The van der Waals surface area contributed by atoms with E-state index >= 15 is 0 Å². The number of aliphatic hydroxyl groups is 3. The highest BCUT2D eigenvalue weighted by molar-refractivity contribution is 5.82. The second-order valence-electron chi connectivity index (χ2n) is 6.38. The lowest BCUT2D eigenvalue weighted by Crippen LogP contribution is -2.33.